The fourth-order valence-corrected chi connectivity index (χ4v) is 1.55. The van der Waals surface area contributed by atoms with Crippen LogP contribution in [0.5, 0.6) is 0 Å². The summed E-state index contributed by atoms with van der Waals surface area (Å²) >= 11 is 3.14. The van der Waals surface area contributed by atoms with Crippen molar-refractivity contribution in [1.29, 1.82) is 0 Å². The molecular weight excluding hydrogens is 219 g/mol. The second kappa shape index (κ2) is 2.87. The van der Waals surface area contributed by atoms with Gasteiger partial charge in [-0.05, 0) is 38.8 Å². The fraction of sp³-hybridized carbons (Fsp3) is 0. The predicted octanol–water partition coefficient (Wildman–Crippen LogP) is 3.74. The van der Waals surface area contributed by atoms with Crippen LogP contribution in [0.15, 0.2) is 40.9 Å². The van der Waals surface area contributed by atoms with E-state index in [9.17, 15) is 4.39 Å². The van der Waals surface area contributed by atoms with E-state index in [2.05, 4.69) is 15.9 Å². The zero-order chi connectivity index (χ0) is 8.55. The smallest absolute Gasteiger partial charge is 0.138 e. The van der Waals surface area contributed by atoms with Gasteiger partial charge in [-0.1, -0.05) is 24.3 Å². The molecule has 0 aliphatic carbocycles. The molecule has 0 spiro atoms. The lowest BCUT2D eigenvalue weighted by atomic mass is 10.1. The molecular formula is C10H6BrF. The van der Waals surface area contributed by atoms with E-state index in [-0.39, 0.29) is 5.82 Å². The third kappa shape index (κ3) is 1.23. The standard InChI is InChI=1S/C10H6BrF/c11-9-5-7-3-1-2-4-8(7)6-10(9)12/h1-6H. The number of fused-ring (bicyclic) bond motifs is 1. The maximum atomic E-state index is 13.0. The van der Waals surface area contributed by atoms with Gasteiger partial charge >= 0.3 is 0 Å². The Kier molecular flexibility index (Phi) is 1.85. The molecule has 0 atom stereocenters. The molecule has 2 heteroatoms. The van der Waals surface area contributed by atoms with Crippen LogP contribution in [0.3, 0.4) is 0 Å². The van der Waals surface area contributed by atoms with Gasteiger partial charge in [0.25, 0.3) is 0 Å². The van der Waals surface area contributed by atoms with Gasteiger partial charge in [0.05, 0.1) is 4.47 Å². The summed E-state index contributed by atoms with van der Waals surface area (Å²) in [7, 11) is 0. The summed E-state index contributed by atoms with van der Waals surface area (Å²) in [6.07, 6.45) is 0. The molecule has 0 saturated heterocycles. The largest absolute Gasteiger partial charge is 0.206 e. The van der Waals surface area contributed by atoms with Crippen molar-refractivity contribution < 1.29 is 4.39 Å². The van der Waals surface area contributed by atoms with Gasteiger partial charge in [-0.2, -0.15) is 0 Å². The van der Waals surface area contributed by atoms with Crippen LogP contribution in [0.1, 0.15) is 0 Å². The monoisotopic (exact) mass is 224 g/mol. The maximum absolute atomic E-state index is 13.0. The lowest BCUT2D eigenvalue weighted by molar-refractivity contribution is 0.623. The minimum Gasteiger partial charge on any atom is -0.206 e. The third-order valence-electron chi connectivity index (χ3n) is 1.79. The molecule has 0 aliphatic rings. The summed E-state index contributed by atoms with van der Waals surface area (Å²) in [5.74, 6) is -0.214. The summed E-state index contributed by atoms with van der Waals surface area (Å²) in [5, 5.41) is 1.98. The normalized spacial score (nSPS) is 10.5. The maximum Gasteiger partial charge on any atom is 0.138 e. The summed E-state index contributed by atoms with van der Waals surface area (Å²) in [6, 6.07) is 11.0. The summed E-state index contributed by atoms with van der Waals surface area (Å²) < 4.78 is 13.5. The molecule has 0 amide bonds. The molecule has 2 aromatic rings. The number of hydrogen-bond donors (Lipinski definition) is 0. The molecule has 0 aromatic heterocycles. The molecule has 12 heavy (non-hydrogen) atoms. The van der Waals surface area contributed by atoms with E-state index in [1.807, 2.05) is 24.3 Å². The van der Waals surface area contributed by atoms with E-state index in [0.717, 1.165) is 10.8 Å². The van der Waals surface area contributed by atoms with Gasteiger partial charge < -0.3 is 0 Å². The van der Waals surface area contributed by atoms with E-state index in [1.54, 1.807) is 6.07 Å². The van der Waals surface area contributed by atoms with Crippen molar-refractivity contribution in [2.75, 3.05) is 0 Å². The van der Waals surface area contributed by atoms with Crippen LogP contribution in [0, 0.1) is 5.82 Å². The zero-order valence-electron chi connectivity index (χ0n) is 6.22. The van der Waals surface area contributed by atoms with Crippen LogP contribution >= 0.6 is 15.9 Å². The van der Waals surface area contributed by atoms with Crippen LogP contribution in [0.4, 0.5) is 4.39 Å². The van der Waals surface area contributed by atoms with Gasteiger partial charge in [-0.3, -0.25) is 0 Å². The second-order valence-electron chi connectivity index (χ2n) is 2.61. The highest BCUT2D eigenvalue weighted by atomic mass is 79.9. The van der Waals surface area contributed by atoms with Crippen molar-refractivity contribution in [3.05, 3.63) is 46.7 Å². The molecule has 0 radical (unpaired) electrons. The lowest BCUT2D eigenvalue weighted by Crippen LogP contribution is -1.78. The Morgan fingerprint density at radius 3 is 2.25 bits per heavy atom. The van der Waals surface area contributed by atoms with Gasteiger partial charge in [0.2, 0.25) is 0 Å². The van der Waals surface area contributed by atoms with Gasteiger partial charge in [-0.15, -0.1) is 0 Å². The Morgan fingerprint density at radius 1 is 1.00 bits per heavy atom. The zero-order valence-corrected chi connectivity index (χ0v) is 7.81. The number of benzene rings is 2. The average molecular weight is 225 g/mol. The van der Waals surface area contributed by atoms with Crippen LogP contribution in [0.2, 0.25) is 0 Å². The Bertz CT molecular complexity index is 383. The molecule has 0 bridgehead atoms. The SMILES string of the molecule is Fc1cc2ccccc2cc1Br. The fourth-order valence-electron chi connectivity index (χ4n) is 1.18. The molecule has 2 aromatic carbocycles. The first-order valence-electron chi connectivity index (χ1n) is 3.61. The Labute approximate surface area is 78.1 Å². The van der Waals surface area contributed by atoms with E-state index >= 15 is 0 Å². The van der Waals surface area contributed by atoms with Crippen molar-refractivity contribution in [3.63, 3.8) is 0 Å². The second-order valence-corrected chi connectivity index (χ2v) is 3.47. The Hall–Kier alpha value is -0.890. The highest BCUT2D eigenvalue weighted by Gasteiger charge is 1.99. The minimum absolute atomic E-state index is 0.214. The van der Waals surface area contributed by atoms with Gasteiger partial charge in [0.1, 0.15) is 5.82 Å². The summed E-state index contributed by atoms with van der Waals surface area (Å²) in [5.41, 5.74) is 0. The van der Waals surface area contributed by atoms with Gasteiger partial charge in [-0.25, -0.2) is 4.39 Å². The van der Waals surface area contributed by atoms with Crippen molar-refractivity contribution >= 4 is 26.7 Å². The molecule has 0 nitrogen and oxygen atoms in total. The van der Waals surface area contributed by atoms with Crippen molar-refractivity contribution in [3.8, 4) is 0 Å². The van der Waals surface area contributed by atoms with Crippen molar-refractivity contribution in [2.45, 2.75) is 0 Å². The molecule has 0 fully saturated rings. The number of rotatable bonds is 0. The quantitative estimate of drug-likeness (QED) is 0.640. The van der Waals surface area contributed by atoms with E-state index in [1.165, 1.54) is 6.07 Å². The van der Waals surface area contributed by atoms with Crippen molar-refractivity contribution in [1.82, 2.24) is 0 Å². The Balaban J connectivity index is 2.84. The predicted molar refractivity (Wildman–Crippen MR) is 51.6 cm³/mol. The van der Waals surface area contributed by atoms with Gasteiger partial charge in [0.15, 0.2) is 0 Å². The molecule has 60 valence electrons. The third-order valence-corrected chi connectivity index (χ3v) is 2.40. The first-order chi connectivity index (χ1) is 5.77. The lowest BCUT2D eigenvalue weighted by Gasteiger charge is -1.98. The van der Waals surface area contributed by atoms with Crippen LogP contribution in [-0.2, 0) is 0 Å². The van der Waals surface area contributed by atoms with Crippen LogP contribution in [0.25, 0.3) is 10.8 Å². The van der Waals surface area contributed by atoms with Crippen LogP contribution in [-0.4, -0.2) is 0 Å². The highest BCUT2D eigenvalue weighted by Crippen LogP contribution is 2.22. The molecule has 0 unspecified atom stereocenters. The van der Waals surface area contributed by atoms with E-state index < -0.39 is 0 Å². The first-order valence-corrected chi connectivity index (χ1v) is 4.40. The Morgan fingerprint density at radius 2 is 1.58 bits per heavy atom. The van der Waals surface area contributed by atoms with Crippen molar-refractivity contribution in [2.24, 2.45) is 0 Å². The molecule has 0 saturated carbocycles. The minimum atomic E-state index is -0.214. The summed E-state index contributed by atoms with van der Waals surface area (Å²) in [6.45, 7) is 0. The highest BCUT2D eigenvalue weighted by molar-refractivity contribution is 9.10. The van der Waals surface area contributed by atoms with Crippen LogP contribution < -0.4 is 0 Å². The van der Waals surface area contributed by atoms with Gasteiger partial charge in [0, 0.05) is 0 Å². The molecule has 0 aliphatic heterocycles. The number of halogens is 2. The van der Waals surface area contributed by atoms with E-state index in [4.69, 9.17) is 0 Å². The molecule has 0 heterocycles. The van der Waals surface area contributed by atoms with E-state index in [0.29, 0.717) is 4.47 Å². The summed E-state index contributed by atoms with van der Waals surface area (Å²) in [4.78, 5) is 0. The topological polar surface area (TPSA) is 0 Å². The average Bonchev–Trinajstić information content (AvgIpc) is 2.07. The molecule has 0 N–H and O–H groups in total. The first kappa shape index (κ1) is 7.74. The molecule has 2 rings (SSSR count). The number of hydrogen-bond acceptors (Lipinski definition) is 0.